The molecular formula is C53H34N4. The van der Waals surface area contributed by atoms with E-state index in [1.165, 1.54) is 5.56 Å². The van der Waals surface area contributed by atoms with Gasteiger partial charge in [0.25, 0.3) is 0 Å². The smallest absolute Gasteiger partial charge is 0.164 e. The molecule has 0 saturated carbocycles. The molecule has 4 heteroatoms. The molecule has 8 aromatic carbocycles. The van der Waals surface area contributed by atoms with E-state index in [1.807, 2.05) is 42.5 Å². The van der Waals surface area contributed by atoms with Crippen LogP contribution in [0.2, 0.25) is 0 Å². The highest BCUT2D eigenvalue weighted by Gasteiger charge is 2.46. The molecule has 0 saturated heterocycles. The van der Waals surface area contributed by atoms with Crippen LogP contribution in [0.5, 0.6) is 0 Å². The van der Waals surface area contributed by atoms with Crippen LogP contribution in [0.1, 0.15) is 27.8 Å². The zero-order chi connectivity index (χ0) is 38.2. The minimum Gasteiger partial charge on any atom is -0.208 e. The van der Waals surface area contributed by atoms with Gasteiger partial charge in [0, 0.05) is 16.7 Å². The summed E-state index contributed by atoms with van der Waals surface area (Å²) in [5, 5.41) is 10.1. The fraction of sp³-hybridized carbons (Fsp3) is 0.0189. The van der Waals surface area contributed by atoms with Gasteiger partial charge in [-0.25, -0.2) is 15.0 Å². The molecule has 0 unspecified atom stereocenters. The van der Waals surface area contributed by atoms with Crippen LogP contribution in [0.4, 0.5) is 0 Å². The number of fused-ring (bicyclic) bond motifs is 3. The Morgan fingerprint density at radius 3 is 1.28 bits per heavy atom. The molecule has 0 aliphatic heterocycles. The van der Waals surface area contributed by atoms with Crippen molar-refractivity contribution in [2.24, 2.45) is 0 Å². The molecule has 0 amide bonds. The Kier molecular flexibility index (Phi) is 8.39. The van der Waals surface area contributed by atoms with Crippen LogP contribution in [-0.2, 0) is 5.41 Å². The summed E-state index contributed by atoms with van der Waals surface area (Å²) >= 11 is 0. The van der Waals surface area contributed by atoms with Crippen molar-refractivity contribution in [3.05, 3.63) is 234 Å². The number of hydrogen-bond donors (Lipinski definition) is 0. The standard InChI is InChI=1S/C53H34N4/c54-35-36-27-29-46-47-30-28-41(34-49(47)53(48(46)31-36,44-23-9-3-10-24-44)45-25-11-4-12-26-45)40-20-14-22-43(33-40)52-56-50(38-17-7-2-8-18-38)55-51(57-52)42-21-13-19-39(32-42)37-15-5-1-6-16-37/h1-34H. The van der Waals surface area contributed by atoms with Gasteiger partial charge in [0.05, 0.1) is 17.0 Å². The van der Waals surface area contributed by atoms with Crippen molar-refractivity contribution in [1.29, 1.82) is 5.26 Å². The molecule has 10 rings (SSSR count). The van der Waals surface area contributed by atoms with E-state index >= 15 is 0 Å². The summed E-state index contributed by atoms with van der Waals surface area (Å²) in [6.45, 7) is 0. The third kappa shape index (κ3) is 5.90. The molecule has 4 nitrogen and oxygen atoms in total. The maximum absolute atomic E-state index is 10.1. The lowest BCUT2D eigenvalue weighted by Gasteiger charge is -2.34. The Labute approximate surface area is 332 Å². The molecular weight excluding hydrogens is 693 g/mol. The molecule has 0 fully saturated rings. The normalized spacial score (nSPS) is 12.3. The molecule has 266 valence electrons. The summed E-state index contributed by atoms with van der Waals surface area (Å²) in [4.78, 5) is 15.2. The maximum atomic E-state index is 10.1. The van der Waals surface area contributed by atoms with Crippen molar-refractivity contribution >= 4 is 0 Å². The predicted octanol–water partition coefficient (Wildman–Crippen LogP) is 12.4. The molecule has 0 N–H and O–H groups in total. The van der Waals surface area contributed by atoms with E-state index in [1.54, 1.807) is 0 Å². The molecule has 1 aromatic heterocycles. The first-order valence-electron chi connectivity index (χ1n) is 19.1. The molecule has 1 heterocycles. The SMILES string of the molecule is N#Cc1ccc2c(c1)C(c1ccccc1)(c1ccccc1)c1cc(-c3cccc(-c4nc(-c5ccccc5)nc(-c5cccc(-c6ccccc6)c5)n4)c3)ccc1-2. The van der Waals surface area contributed by atoms with Gasteiger partial charge in [0.2, 0.25) is 0 Å². The molecule has 0 atom stereocenters. The molecule has 0 spiro atoms. The minimum atomic E-state index is -0.629. The second-order valence-corrected chi connectivity index (χ2v) is 14.3. The first kappa shape index (κ1) is 33.8. The first-order chi connectivity index (χ1) is 28.2. The highest BCUT2D eigenvalue weighted by Crippen LogP contribution is 2.57. The van der Waals surface area contributed by atoms with Gasteiger partial charge >= 0.3 is 0 Å². The zero-order valence-electron chi connectivity index (χ0n) is 30.9. The van der Waals surface area contributed by atoms with Crippen molar-refractivity contribution in [3.8, 4) is 73.6 Å². The van der Waals surface area contributed by atoms with Crippen molar-refractivity contribution in [3.63, 3.8) is 0 Å². The molecule has 0 bridgehead atoms. The predicted molar refractivity (Wildman–Crippen MR) is 229 cm³/mol. The van der Waals surface area contributed by atoms with E-state index in [4.69, 9.17) is 15.0 Å². The zero-order valence-corrected chi connectivity index (χ0v) is 30.9. The molecule has 57 heavy (non-hydrogen) atoms. The van der Waals surface area contributed by atoms with Crippen molar-refractivity contribution in [2.45, 2.75) is 5.41 Å². The topological polar surface area (TPSA) is 62.5 Å². The molecule has 1 aliphatic rings. The average molecular weight is 727 g/mol. The summed E-state index contributed by atoms with van der Waals surface area (Å²) < 4.78 is 0. The van der Waals surface area contributed by atoms with E-state index in [-0.39, 0.29) is 0 Å². The summed E-state index contributed by atoms with van der Waals surface area (Å²) in [5.41, 5.74) is 14.0. The third-order valence-corrected chi connectivity index (χ3v) is 11.0. The summed E-state index contributed by atoms with van der Waals surface area (Å²) in [6, 6.07) is 74.0. The average Bonchev–Trinajstić information content (AvgIpc) is 3.59. The second-order valence-electron chi connectivity index (χ2n) is 14.3. The minimum absolute atomic E-state index is 0.603. The molecule has 0 radical (unpaired) electrons. The summed E-state index contributed by atoms with van der Waals surface area (Å²) in [7, 11) is 0. The second kappa shape index (κ2) is 14.2. The largest absolute Gasteiger partial charge is 0.208 e. The number of nitrogens with zero attached hydrogens (tertiary/aromatic N) is 4. The van der Waals surface area contributed by atoms with Crippen LogP contribution in [-0.4, -0.2) is 15.0 Å². The number of aromatic nitrogens is 3. The lowest BCUT2D eigenvalue weighted by atomic mass is 9.67. The Morgan fingerprint density at radius 2 is 0.737 bits per heavy atom. The summed E-state index contributed by atoms with van der Waals surface area (Å²) in [5.74, 6) is 1.84. The summed E-state index contributed by atoms with van der Waals surface area (Å²) in [6.07, 6.45) is 0. The molecule has 1 aliphatic carbocycles. The molecule has 9 aromatic rings. The van der Waals surface area contributed by atoms with Crippen LogP contribution in [0.15, 0.2) is 206 Å². The Bertz CT molecular complexity index is 2910. The van der Waals surface area contributed by atoms with Crippen LogP contribution >= 0.6 is 0 Å². The van der Waals surface area contributed by atoms with Gasteiger partial charge in [-0.3, -0.25) is 0 Å². The van der Waals surface area contributed by atoms with Crippen LogP contribution in [0, 0.1) is 11.3 Å². The number of hydrogen-bond acceptors (Lipinski definition) is 4. The van der Waals surface area contributed by atoms with Crippen molar-refractivity contribution in [2.75, 3.05) is 0 Å². The number of benzene rings is 8. The van der Waals surface area contributed by atoms with E-state index in [0.717, 1.165) is 66.8 Å². The van der Waals surface area contributed by atoms with Gasteiger partial charge in [-0.15, -0.1) is 0 Å². The third-order valence-electron chi connectivity index (χ3n) is 11.0. The first-order valence-corrected chi connectivity index (χ1v) is 19.1. The number of nitriles is 1. The Morgan fingerprint density at radius 1 is 0.333 bits per heavy atom. The lowest BCUT2D eigenvalue weighted by molar-refractivity contribution is 0.768. The van der Waals surface area contributed by atoms with Gasteiger partial charge < -0.3 is 0 Å². The van der Waals surface area contributed by atoms with Crippen LogP contribution in [0.25, 0.3) is 67.5 Å². The van der Waals surface area contributed by atoms with Crippen LogP contribution < -0.4 is 0 Å². The quantitative estimate of drug-likeness (QED) is 0.164. The van der Waals surface area contributed by atoms with E-state index < -0.39 is 5.41 Å². The van der Waals surface area contributed by atoms with E-state index in [9.17, 15) is 5.26 Å². The number of rotatable bonds is 7. The van der Waals surface area contributed by atoms with E-state index in [0.29, 0.717) is 23.0 Å². The van der Waals surface area contributed by atoms with Gasteiger partial charge in [-0.2, -0.15) is 5.26 Å². The van der Waals surface area contributed by atoms with Gasteiger partial charge in [0.1, 0.15) is 0 Å². The Hall–Kier alpha value is -7.74. The fourth-order valence-electron chi connectivity index (χ4n) is 8.39. The monoisotopic (exact) mass is 726 g/mol. The van der Waals surface area contributed by atoms with E-state index in [2.05, 4.69) is 170 Å². The van der Waals surface area contributed by atoms with Gasteiger partial charge in [-0.1, -0.05) is 176 Å². The maximum Gasteiger partial charge on any atom is 0.164 e. The lowest BCUT2D eigenvalue weighted by Crippen LogP contribution is -2.28. The van der Waals surface area contributed by atoms with Crippen molar-refractivity contribution in [1.82, 2.24) is 15.0 Å². The highest BCUT2D eigenvalue weighted by atomic mass is 15.0. The highest BCUT2D eigenvalue weighted by molar-refractivity contribution is 5.89. The Balaban J connectivity index is 1.13. The fourth-order valence-corrected chi connectivity index (χ4v) is 8.39. The van der Waals surface area contributed by atoms with Gasteiger partial charge in [0.15, 0.2) is 17.5 Å². The van der Waals surface area contributed by atoms with Gasteiger partial charge in [-0.05, 0) is 86.0 Å². The van der Waals surface area contributed by atoms with Crippen molar-refractivity contribution < 1.29 is 0 Å². The van der Waals surface area contributed by atoms with Crippen LogP contribution in [0.3, 0.4) is 0 Å².